The number of esters is 2. The summed E-state index contributed by atoms with van der Waals surface area (Å²) in [5.41, 5.74) is 1.30. The van der Waals surface area contributed by atoms with E-state index in [-0.39, 0.29) is 50.7 Å². The fourth-order valence-corrected chi connectivity index (χ4v) is 9.55. The molecule has 77 heavy (non-hydrogen) atoms. The molecule has 426 valence electrons. The summed E-state index contributed by atoms with van der Waals surface area (Å²) < 4.78 is 22.8. The van der Waals surface area contributed by atoms with Crippen LogP contribution in [0.2, 0.25) is 0 Å². The van der Waals surface area contributed by atoms with E-state index in [2.05, 4.69) is 16.0 Å². The standard InChI is InChI=1S/C57H84N6O14/c1-14-35(8)47-45(64)30-46(65)77-50(34(6)7)49(66)36(9)51(67)58-41(27-32(2)3)54(70)63-26-18-21-42(63)55(71)61(11)44(29-38-22-24-40(74-13)25-23-38)56(72)76-37(10)48(53(69)59-47)60-52(68)43(28-33(4)5)62(12)57(73)75-31-39-19-16-15-17-20-39/h15-17,19-20,22-25,32-37,41-45,47-48,50,64H,14,18,21,26-31H2,1-13H3,(H,58,67)(H,59,69)(H,60,68)/t35-,36-,37-,41+,42-,43+,44-,45-,47+,48-,50+/m0/s1. The van der Waals surface area contributed by atoms with E-state index >= 15 is 0 Å². The summed E-state index contributed by atoms with van der Waals surface area (Å²) >= 11 is 0. The number of ether oxygens (including phenoxy) is 4. The zero-order chi connectivity index (χ0) is 57.4. The Morgan fingerprint density at radius 2 is 1.51 bits per heavy atom. The van der Waals surface area contributed by atoms with E-state index < -0.39 is 132 Å². The fourth-order valence-electron chi connectivity index (χ4n) is 9.55. The molecule has 2 aromatic carbocycles. The minimum absolute atomic E-state index is 0.0856. The van der Waals surface area contributed by atoms with Crippen molar-refractivity contribution < 1.29 is 67.2 Å². The maximum Gasteiger partial charge on any atom is 0.410 e. The van der Waals surface area contributed by atoms with Gasteiger partial charge in [0.15, 0.2) is 11.9 Å². The first kappa shape index (κ1) is 63.0. The molecule has 2 saturated heterocycles. The number of rotatable bonds is 15. The van der Waals surface area contributed by atoms with Gasteiger partial charge in [0.2, 0.25) is 29.5 Å². The largest absolute Gasteiger partial charge is 0.497 e. The molecular weight excluding hydrogens is 993 g/mol. The molecule has 4 rings (SSSR count). The van der Waals surface area contributed by atoms with E-state index in [9.17, 15) is 48.3 Å². The molecule has 20 nitrogen and oxygen atoms in total. The van der Waals surface area contributed by atoms with E-state index in [0.717, 1.165) is 4.90 Å². The van der Waals surface area contributed by atoms with Crippen LogP contribution in [0.3, 0.4) is 0 Å². The highest BCUT2D eigenvalue weighted by Crippen LogP contribution is 2.26. The van der Waals surface area contributed by atoms with Gasteiger partial charge in [0.25, 0.3) is 0 Å². The van der Waals surface area contributed by atoms with Gasteiger partial charge in [-0.3, -0.25) is 38.5 Å². The van der Waals surface area contributed by atoms with Gasteiger partial charge in [-0.15, -0.1) is 0 Å². The van der Waals surface area contributed by atoms with Crippen LogP contribution in [-0.4, -0.2) is 155 Å². The monoisotopic (exact) mass is 1080 g/mol. The Hall–Kier alpha value is -6.57. The van der Waals surface area contributed by atoms with Crippen molar-refractivity contribution >= 4 is 53.4 Å². The lowest BCUT2D eigenvalue weighted by Crippen LogP contribution is -2.61. The number of nitrogens with one attached hydrogen (secondary N) is 3. The first-order valence-corrected chi connectivity index (χ1v) is 27.0. The summed E-state index contributed by atoms with van der Waals surface area (Å²) in [4.78, 5) is 133. The maximum atomic E-state index is 14.9. The van der Waals surface area contributed by atoms with Crippen LogP contribution in [0.1, 0.15) is 119 Å². The number of hydrogen-bond acceptors (Lipinski definition) is 14. The highest BCUT2D eigenvalue weighted by Gasteiger charge is 2.45. The number of cyclic esters (lactones) is 2. The van der Waals surface area contributed by atoms with E-state index in [1.165, 1.54) is 44.9 Å². The molecule has 0 unspecified atom stereocenters. The van der Waals surface area contributed by atoms with E-state index in [0.29, 0.717) is 29.7 Å². The van der Waals surface area contributed by atoms with Gasteiger partial charge >= 0.3 is 18.0 Å². The number of nitrogens with zero attached hydrogens (tertiary/aromatic N) is 3. The Bertz CT molecular complexity index is 2350. The average molecular weight is 1080 g/mol. The molecule has 6 amide bonds. The third-order valence-electron chi connectivity index (χ3n) is 14.4. The van der Waals surface area contributed by atoms with Crippen LogP contribution in [-0.2, 0) is 65.6 Å². The van der Waals surface area contributed by atoms with Crippen LogP contribution >= 0.6 is 0 Å². The lowest BCUT2D eigenvalue weighted by Gasteiger charge is -2.36. The van der Waals surface area contributed by atoms with Crippen molar-refractivity contribution in [1.82, 2.24) is 30.7 Å². The molecule has 0 radical (unpaired) electrons. The lowest BCUT2D eigenvalue weighted by molar-refractivity contribution is -0.163. The van der Waals surface area contributed by atoms with Gasteiger partial charge in [-0.05, 0) is 86.5 Å². The summed E-state index contributed by atoms with van der Waals surface area (Å²) in [6.45, 7) is 17.0. The number of ketones is 1. The summed E-state index contributed by atoms with van der Waals surface area (Å²) in [5.74, 6) is -8.77. The third kappa shape index (κ3) is 17.5. The number of amides is 6. The minimum atomic E-state index is -1.72. The summed E-state index contributed by atoms with van der Waals surface area (Å²) in [6.07, 6.45) is -4.96. The second-order valence-corrected chi connectivity index (χ2v) is 21.8. The van der Waals surface area contributed by atoms with Crippen LogP contribution < -0.4 is 20.7 Å². The molecule has 2 aliphatic rings. The van der Waals surface area contributed by atoms with Gasteiger partial charge in [0.1, 0.15) is 48.7 Å². The minimum Gasteiger partial charge on any atom is -0.497 e. The predicted molar refractivity (Wildman–Crippen MR) is 285 cm³/mol. The molecule has 11 atom stereocenters. The zero-order valence-electron chi connectivity index (χ0n) is 47.2. The molecule has 2 heterocycles. The molecule has 2 aliphatic heterocycles. The van der Waals surface area contributed by atoms with Crippen LogP contribution in [0.5, 0.6) is 5.75 Å². The molecule has 2 aromatic rings. The summed E-state index contributed by atoms with van der Waals surface area (Å²) in [6, 6.07) is 7.97. The van der Waals surface area contributed by atoms with Crippen molar-refractivity contribution in [2.24, 2.45) is 29.6 Å². The third-order valence-corrected chi connectivity index (χ3v) is 14.4. The lowest BCUT2D eigenvalue weighted by atomic mass is 9.91. The first-order chi connectivity index (χ1) is 36.3. The Kier molecular flexibility index (Phi) is 23.9. The SMILES string of the molecule is CC[C@H](C)[C@H]1NC(=O)[C@@H](NC(=O)[C@@H](CC(C)C)N(C)C(=O)OCc2ccccc2)[C@H](C)OC(=O)[C@H](Cc2ccc(OC)cc2)N(C)C(=O)[C@@H]2CCCN2C(=O)[C@@H](CC(C)C)NC(=O)[C@@H](C)C(=O)[C@@H](C(C)C)OC(=O)C[C@@H]1O. The Balaban J connectivity index is 1.86. The fraction of sp³-hybridized carbons (Fsp3) is 0.632. The topological polar surface area (TPSA) is 257 Å². The number of methoxy groups -OCH3 is 1. The van der Waals surface area contributed by atoms with Gasteiger partial charge in [-0.25, -0.2) is 9.59 Å². The van der Waals surface area contributed by atoms with Crippen LogP contribution in [0, 0.1) is 29.6 Å². The number of carbonyl (C=O) groups excluding carboxylic acids is 9. The number of likely N-dealkylation sites (N-methyl/N-ethyl adjacent to an activating group) is 2. The Morgan fingerprint density at radius 1 is 0.857 bits per heavy atom. The molecule has 0 saturated carbocycles. The van der Waals surface area contributed by atoms with E-state index in [4.69, 9.17) is 18.9 Å². The van der Waals surface area contributed by atoms with E-state index in [1.807, 2.05) is 33.8 Å². The second-order valence-electron chi connectivity index (χ2n) is 21.8. The van der Waals surface area contributed by atoms with Gasteiger partial charge in [0, 0.05) is 27.1 Å². The van der Waals surface area contributed by atoms with Crippen molar-refractivity contribution in [3.8, 4) is 5.75 Å². The maximum absolute atomic E-state index is 14.9. The summed E-state index contributed by atoms with van der Waals surface area (Å²) in [5, 5.41) is 20.1. The van der Waals surface area contributed by atoms with Gasteiger partial charge in [-0.1, -0.05) is 104 Å². The van der Waals surface area contributed by atoms with Crippen molar-refractivity contribution in [2.45, 2.75) is 175 Å². The van der Waals surface area contributed by atoms with Crippen LogP contribution in [0.15, 0.2) is 54.6 Å². The molecule has 4 N–H and O–H groups in total. The number of benzene rings is 2. The first-order valence-electron chi connectivity index (χ1n) is 27.0. The Morgan fingerprint density at radius 3 is 2.09 bits per heavy atom. The Labute approximate surface area is 454 Å². The summed E-state index contributed by atoms with van der Waals surface area (Å²) in [7, 11) is 4.30. The number of aliphatic hydroxyl groups is 1. The number of fused-ring (bicyclic) bond motifs is 1. The molecule has 2 fully saturated rings. The average Bonchev–Trinajstić information content (AvgIpc) is 3.89. The molecule has 0 bridgehead atoms. The predicted octanol–water partition coefficient (Wildman–Crippen LogP) is 4.75. The number of hydrogen-bond donors (Lipinski definition) is 4. The molecule has 0 spiro atoms. The quantitative estimate of drug-likeness (QED) is 0.107. The number of aliphatic hydroxyl groups excluding tert-OH is 1. The van der Waals surface area contributed by atoms with Gasteiger partial charge in [0.05, 0.1) is 31.6 Å². The van der Waals surface area contributed by atoms with Crippen molar-refractivity contribution in [1.29, 1.82) is 0 Å². The van der Waals surface area contributed by atoms with Crippen molar-refractivity contribution in [3.05, 3.63) is 65.7 Å². The van der Waals surface area contributed by atoms with Gasteiger partial charge < -0.3 is 49.8 Å². The number of carbonyl (C=O) groups is 9. The molecule has 0 aromatic heterocycles. The highest BCUT2D eigenvalue weighted by atomic mass is 16.6. The van der Waals surface area contributed by atoms with Crippen LogP contribution in [0.4, 0.5) is 4.79 Å². The van der Waals surface area contributed by atoms with Gasteiger partial charge in [-0.2, -0.15) is 0 Å². The smallest absolute Gasteiger partial charge is 0.410 e. The zero-order valence-corrected chi connectivity index (χ0v) is 47.2. The van der Waals surface area contributed by atoms with E-state index in [1.54, 1.807) is 76.2 Å². The molecule has 0 aliphatic carbocycles. The number of Topliss-reactive ketones (excluding diaryl/α,β-unsaturated/α-hetero) is 1. The highest BCUT2D eigenvalue weighted by molar-refractivity contribution is 6.05. The van der Waals surface area contributed by atoms with Crippen LogP contribution in [0.25, 0.3) is 0 Å². The normalized spacial score (nSPS) is 25.6. The molecular formula is C57H84N6O14. The molecule has 20 heteroatoms. The van der Waals surface area contributed by atoms with Crippen molar-refractivity contribution in [3.63, 3.8) is 0 Å². The van der Waals surface area contributed by atoms with Crippen molar-refractivity contribution in [2.75, 3.05) is 27.7 Å². The second kappa shape index (κ2) is 29.2.